The molecule has 1 aliphatic heterocycles. The summed E-state index contributed by atoms with van der Waals surface area (Å²) in [7, 11) is 1.59. The Balaban J connectivity index is 1.51. The van der Waals surface area contributed by atoms with E-state index in [-0.39, 0.29) is 30.9 Å². The van der Waals surface area contributed by atoms with Crippen molar-refractivity contribution in [3.63, 3.8) is 0 Å². The van der Waals surface area contributed by atoms with Gasteiger partial charge in [-0.05, 0) is 47.9 Å². The van der Waals surface area contributed by atoms with Crippen LogP contribution in [0.1, 0.15) is 29.5 Å². The SMILES string of the molecule is COc1ccc(CN2C(=O)C(O)(CC(=O)CCc3ccc(O)cc3)c3ccccc32)cc1. The molecule has 1 unspecified atom stereocenters. The minimum absolute atomic E-state index is 0.166. The van der Waals surface area contributed by atoms with Gasteiger partial charge >= 0.3 is 0 Å². The van der Waals surface area contributed by atoms with Gasteiger partial charge in [0.25, 0.3) is 5.91 Å². The Hall–Kier alpha value is -3.64. The van der Waals surface area contributed by atoms with Gasteiger partial charge in [0.2, 0.25) is 0 Å². The number of fused-ring (bicyclic) bond motifs is 1. The first-order chi connectivity index (χ1) is 15.4. The highest BCUT2D eigenvalue weighted by atomic mass is 16.5. The van der Waals surface area contributed by atoms with Gasteiger partial charge in [-0.2, -0.15) is 0 Å². The van der Waals surface area contributed by atoms with Crippen LogP contribution in [0.4, 0.5) is 5.69 Å². The van der Waals surface area contributed by atoms with E-state index in [2.05, 4.69) is 0 Å². The van der Waals surface area contributed by atoms with E-state index < -0.39 is 11.5 Å². The number of hydrogen-bond acceptors (Lipinski definition) is 5. The summed E-state index contributed by atoms with van der Waals surface area (Å²) >= 11 is 0. The maximum Gasteiger partial charge on any atom is 0.264 e. The number of aliphatic hydroxyl groups is 1. The summed E-state index contributed by atoms with van der Waals surface area (Å²) in [5, 5.41) is 20.8. The number of phenols is 1. The maximum absolute atomic E-state index is 13.3. The highest BCUT2D eigenvalue weighted by Crippen LogP contribution is 2.43. The van der Waals surface area contributed by atoms with Crippen molar-refractivity contribution < 1.29 is 24.5 Å². The van der Waals surface area contributed by atoms with Crippen LogP contribution in [0, 0.1) is 0 Å². The van der Waals surface area contributed by atoms with Gasteiger partial charge in [-0.25, -0.2) is 0 Å². The molecule has 164 valence electrons. The molecule has 6 nitrogen and oxygen atoms in total. The number of amides is 1. The number of nitrogens with zero attached hydrogens (tertiary/aromatic N) is 1. The zero-order valence-corrected chi connectivity index (χ0v) is 17.8. The summed E-state index contributed by atoms with van der Waals surface area (Å²) in [6, 6.07) is 21.1. The molecule has 0 aromatic heterocycles. The Morgan fingerprint density at radius 1 is 0.969 bits per heavy atom. The van der Waals surface area contributed by atoms with Crippen molar-refractivity contribution in [1.82, 2.24) is 0 Å². The van der Waals surface area contributed by atoms with E-state index in [1.165, 1.54) is 4.90 Å². The largest absolute Gasteiger partial charge is 0.508 e. The van der Waals surface area contributed by atoms with Crippen LogP contribution < -0.4 is 9.64 Å². The standard InChI is InChI=1S/C26H25NO5/c1-32-22-14-9-19(10-15-22)17-27-24-5-3-2-4-23(24)26(31,25(27)30)16-21(29)13-8-18-6-11-20(28)12-7-18/h2-7,9-12,14-15,28,31H,8,13,16-17H2,1H3. The second-order valence-electron chi connectivity index (χ2n) is 8.00. The first-order valence-electron chi connectivity index (χ1n) is 10.5. The minimum Gasteiger partial charge on any atom is -0.508 e. The van der Waals surface area contributed by atoms with Crippen LogP contribution in [0.3, 0.4) is 0 Å². The third-order valence-electron chi connectivity index (χ3n) is 5.82. The number of rotatable bonds is 8. The topological polar surface area (TPSA) is 87.1 Å². The summed E-state index contributed by atoms with van der Waals surface area (Å²) in [5.41, 5.74) is 0.979. The summed E-state index contributed by atoms with van der Waals surface area (Å²) in [6.45, 7) is 0.282. The van der Waals surface area contributed by atoms with Crippen LogP contribution >= 0.6 is 0 Å². The molecule has 0 spiro atoms. The number of Topliss-reactive ketones (excluding diaryl/α,β-unsaturated/α-hetero) is 1. The number of methoxy groups -OCH3 is 1. The fraction of sp³-hybridized carbons (Fsp3) is 0.231. The average Bonchev–Trinajstić information content (AvgIpc) is 3.01. The zero-order chi connectivity index (χ0) is 22.7. The third kappa shape index (κ3) is 4.22. The van der Waals surface area contributed by atoms with Crippen molar-refractivity contribution in [2.75, 3.05) is 12.0 Å². The van der Waals surface area contributed by atoms with E-state index in [9.17, 15) is 19.8 Å². The number of benzene rings is 3. The number of hydrogen-bond donors (Lipinski definition) is 2. The molecule has 0 saturated heterocycles. The lowest BCUT2D eigenvalue weighted by molar-refractivity contribution is -0.142. The molecule has 1 amide bonds. The summed E-state index contributed by atoms with van der Waals surface area (Å²) in [5.74, 6) is 0.194. The first-order valence-corrected chi connectivity index (χ1v) is 10.5. The molecule has 2 N–H and O–H groups in total. The predicted octanol–water partition coefficient (Wildman–Crippen LogP) is 3.73. The fourth-order valence-electron chi connectivity index (χ4n) is 4.07. The van der Waals surface area contributed by atoms with Gasteiger partial charge in [0.1, 0.15) is 17.3 Å². The van der Waals surface area contributed by atoms with Crippen LogP contribution in [0.25, 0.3) is 0 Å². The molecule has 1 aliphatic rings. The van der Waals surface area contributed by atoms with E-state index in [0.29, 0.717) is 17.7 Å². The number of ether oxygens (including phenoxy) is 1. The molecule has 3 aromatic carbocycles. The molecule has 4 rings (SSSR count). The van der Waals surface area contributed by atoms with Crippen molar-refractivity contribution in [3.8, 4) is 11.5 Å². The predicted molar refractivity (Wildman–Crippen MR) is 121 cm³/mol. The summed E-state index contributed by atoms with van der Waals surface area (Å²) < 4.78 is 5.18. The molecule has 1 heterocycles. The normalized spacial score (nSPS) is 17.3. The minimum atomic E-state index is -1.88. The lowest BCUT2D eigenvalue weighted by Gasteiger charge is -2.23. The van der Waals surface area contributed by atoms with E-state index in [4.69, 9.17) is 4.74 Å². The monoisotopic (exact) mass is 431 g/mol. The van der Waals surface area contributed by atoms with Crippen molar-refractivity contribution in [1.29, 1.82) is 0 Å². The molecule has 3 aromatic rings. The fourth-order valence-corrected chi connectivity index (χ4v) is 4.07. The number of aryl methyl sites for hydroxylation is 1. The Bertz CT molecular complexity index is 1120. The molecule has 0 saturated carbocycles. The number of carbonyl (C=O) groups is 2. The van der Waals surface area contributed by atoms with Gasteiger partial charge in [0, 0.05) is 18.4 Å². The second kappa shape index (κ2) is 8.85. The number of anilines is 1. The number of aromatic hydroxyl groups is 1. The van der Waals surface area contributed by atoms with Crippen molar-refractivity contribution in [2.24, 2.45) is 0 Å². The smallest absolute Gasteiger partial charge is 0.264 e. The Morgan fingerprint density at radius 2 is 1.62 bits per heavy atom. The van der Waals surface area contributed by atoms with Crippen molar-refractivity contribution in [2.45, 2.75) is 31.4 Å². The molecule has 0 radical (unpaired) electrons. The van der Waals surface area contributed by atoms with Crippen LogP contribution in [0.5, 0.6) is 11.5 Å². The number of ketones is 1. The Labute approximate surface area is 186 Å². The summed E-state index contributed by atoms with van der Waals surface area (Å²) in [6.07, 6.45) is 0.391. The number of phenolic OH excluding ortho intramolecular Hbond substituents is 1. The Kier molecular flexibility index (Phi) is 5.97. The Morgan fingerprint density at radius 3 is 2.31 bits per heavy atom. The molecular formula is C26H25NO5. The highest BCUT2D eigenvalue weighted by Gasteiger charge is 2.50. The van der Waals surface area contributed by atoms with Gasteiger partial charge < -0.3 is 19.8 Å². The molecule has 0 fully saturated rings. The van der Waals surface area contributed by atoms with Crippen LogP contribution in [-0.2, 0) is 28.2 Å². The van der Waals surface area contributed by atoms with Gasteiger partial charge in [0.15, 0.2) is 5.60 Å². The zero-order valence-electron chi connectivity index (χ0n) is 17.8. The lowest BCUT2D eigenvalue weighted by Crippen LogP contribution is -2.41. The van der Waals surface area contributed by atoms with Crippen LogP contribution in [0.2, 0.25) is 0 Å². The van der Waals surface area contributed by atoms with E-state index in [1.54, 1.807) is 49.6 Å². The molecule has 0 bridgehead atoms. The van der Waals surface area contributed by atoms with E-state index >= 15 is 0 Å². The number of carbonyl (C=O) groups excluding carboxylic acids is 2. The van der Waals surface area contributed by atoms with Gasteiger partial charge in [-0.1, -0.05) is 42.5 Å². The molecular weight excluding hydrogens is 406 g/mol. The first kappa shape index (κ1) is 21.6. The lowest BCUT2D eigenvalue weighted by atomic mass is 9.88. The second-order valence-corrected chi connectivity index (χ2v) is 8.00. The van der Waals surface area contributed by atoms with Crippen molar-refractivity contribution >= 4 is 17.4 Å². The van der Waals surface area contributed by atoms with Gasteiger partial charge in [-0.3, -0.25) is 9.59 Å². The molecule has 1 atom stereocenters. The van der Waals surface area contributed by atoms with Crippen molar-refractivity contribution in [3.05, 3.63) is 89.5 Å². The average molecular weight is 431 g/mol. The van der Waals surface area contributed by atoms with E-state index in [1.807, 2.05) is 30.3 Å². The van der Waals surface area contributed by atoms with E-state index in [0.717, 1.165) is 16.9 Å². The number of para-hydroxylation sites is 1. The van der Waals surface area contributed by atoms with Crippen LogP contribution in [0.15, 0.2) is 72.8 Å². The highest BCUT2D eigenvalue weighted by molar-refractivity contribution is 6.08. The molecule has 32 heavy (non-hydrogen) atoms. The third-order valence-corrected chi connectivity index (χ3v) is 5.82. The van der Waals surface area contributed by atoms with Gasteiger partial charge in [0.05, 0.1) is 19.3 Å². The summed E-state index contributed by atoms with van der Waals surface area (Å²) in [4.78, 5) is 27.6. The quantitative estimate of drug-likeness (QED) is 0.568. The maximum atomic E-state index is 13.3. The molecule has 6 heteroatoms. The van der Waals surface area contributed by atoms with Crippen LogP contribution in [-0.4, -0.2) is 29.0 Å². The molecule has 0 aliphatic carbocycles. The van der Waals surface area contributed by atoms with Gasteiger partial charge in [-0.15, -0.1) is 0 Å².